The van der Waals surface area contributed by atoms with Crippen LogP contribution in [-0.2, 0) is 0 Å². The molecule has 0 spiro atoms. The minimum atomic E-state index is -0.585. The Labute approximate surface area is 108 Å². The number of aliphatic hydroxyl groups is 1. The topological polar surface area (TPSA) is 49.3 Å². The van der Waals surface area contributed by atoms with Crippen LogP contribution in [0.15, 0.2) is 22.7 Å². The van der Waals surface area contributed by atoms with E-state index in [1.807, 2.05) is 13.8 Å². The highest BCUT2D eigenvalue weighted by atomic mass is 79.9. The van der Waals surface area contributed by atoms with Gasteiger partial charge >= 0.3 is 0 Å². The average Bonchev–Trinajstić information content (AvgIpc) is 2.25. The highest BCUT2D eigenvalue weighted by molar-refractivity contribution is 9.10. The maximum atomic E-state index is 12.8. The summed E-state index contributed by atoms with van der Waals surface area (Å²) in [4.78, 5) is 11.7. The minimum absolute atomic E-state index is 0.0759. The van der Waals surface area contributed by atoms with E-state index in [-0.39, 0.29) is 18.4 Å². The van der Waals surface area contributed by atoms with E-state index in [0.29, 0.717) is 10.0 Å². The molecule has 1 amide bonds. The van der Waals surface area contributed by atoms with Crippen LogP contribution in [0.4, 0.5) is 4.39 Å². The van der Waals surface area contributed by atoms with Crippen molar-refractivity contribution in [1.29, 1.82) is 0 Å². The Bertz CT molecular complexity index is 409. The van der Waals surface area contributed by atoms with E-state index in [1.165, 1.54) is 18.2 Å². The normalized spacial score (nSPS) is 12.6. The fraction of sp³-hybridized carbons (Fsp3) is 0.417. The van der Waals surface area contributed by atoms with Crippen LogP contribution in [0.5, 0.6) is 0 Å². The molecule has 1 atom stereocenters. The molecular weight excluding hydrogens is 289 g/mol. The van der Waals surface area contributed by atoms with Crippen molar-refractivity contribution in [2.45, 2.75) is 20.0 Å². The van der Waals surface area contributed by atoms with E-state index in [9.17, 15) is 14.3 Å². The standard InChI is InChI=1S/C12H15BrFNO2/c1-7(2)11(16)6-15-12(17)9-4-3-8(14)5-10(9)13/h3-5,7,11,16H,6H2,1-2H3,(H,15,17). The lowest BCUT2D eigenvalue weighted by Gasteiger charge is -2.15. The Morgan fingerprint density at radius 1 is 1.53 bits per heavy atom. The molecule has 0 saturated carbocycles. The van der Waals surface area contributed by atoms with Crippen LogP contribution >= 0.6 is 15.9 Å². The first-order chi connectivity index (χ1) is 7.91. The van der Waals surface area contributed by atoms with Crippen molar-refractivity contribution >= 4 is 21.8 Å². The first kappa shape index (κ1) is 14.1. The van der Waals surface area contributed by atoms with Gasteiger partial charge in [0.05, 0.1) is 11.7 Å². The number of benzene rings is 1. The molecule has 0 radical (unpaired) electrons. The maximum absolute atomic E-state index is 12.8. The lowest BCUT2D eigenvalue weighted by molar-refractivity contribution is 0.0871. The van der Waals surface area contributed by atoms with Gasteiger partial charge in [-0.1, -0.05) is 13.8 Å². The molecule has 17 heavy (non-hydrogen) atoms. The highest BCUT2D eigenvalue weighted by Gasteiger charge is 2.14. The summed E-state index contributed by atoms with van der Waals surface area (Å²) >= 11 is 3.12. The number of halogens is 2. The van der Waals surface area contributed by atoms with Crippen molar-refractivity contribution in [2.24, 2.45) is 5.92 Å². The Morgan fingerprint density at radius 2 is 2.18 bits per heavy atom. The number of rotatable bonds is 4. The zero-order valence-corrected chi connectivity index (χ0v) is 11.3. The summed E-state index contributed by atoms with van der Waals surface area (Å²) in [5, 5.41) is 12.1. The SMILES string of the molecule is CC(C)C(O)CNC(=O)c1ccc(F)cc1Br. The van der Waals surface area contributed by atoms with E-state index in [2.05, 4.69) is 21.2 Å². The molecule has 0 fully saturated rings. The fourth-order valence-electron chi connectivity index (χ4n) is 1.20. The third-order valence-corrected chi connectivity index (χ3v) is 3.07. The van der Waals surface area contributed by atoms with Crippen molar-refractivity contribution in [3.8, 4) is 0 Å². The lowest BCUT2D eigenvalue weighted by atomic mass is 10.1. The van der Waals surface area contributed by atoms with Gasteiger partial charge in [-0.2, -0.15) is 0 Å². The molecule has 0 aliphatic heterocycles. The quantitative estimate of drug-likeness (QED) is 0.897. The minimum Gasteiger partial charge on any atom is -0.391 e. The second-order valence-electron chi connectivity index (χ2n) is 4.15. The molecule has 94 valence electrons. The molecule has 0 bridgehead atoms. The van der Waals surface area contributed by atoms with Gasteiger partial charge in [0.15, 0.2) is 0 Å². The number of nitrogens with one attached hydrogen (secondary N) is 1. The summed E-state index contributed by atoms with van der Waals surface area (Å²) in [5.41, 5.74) is 0.349. The summed E-state index contributed by atoms with van der Waals surface area (Å²) < 4.78 is 13.2. The zero-order valence-electron chi connectivity index (χ0n) is 9.71. The van der Waals surface area contributed by atoms with E-state index < -0.39 is 11.9 Å². The van der Waals surface area contributed by atoms with Gasteiger partial charge in [0.25, 0.3) is 5.91 Å². The molecule has 0 aliphatic carbocycles. The van der Waals surface area contributed by atoms with Crippen molar-refractivity contribution in [1.82, 2.24) is 5.32 Å². The van der Waals surface area contributed by atoms with Crippen molar-refractivity contribution in [3.63, 3.8) is 0 Å². The van der Waals surface area contributed by atoms with Crippen LogP contribution in [0, 0.1) is 11.7 Å². The number of aliphatic hydroxyl groups excluding tert-OH is 1. The number of amides is 1. The van der Waals surface area contributed by atoms with E-state index in [0.717, 1.165) is 0 Å². The molecule has 0 aromatic heterocycles. The molecule has 0 heterocycles. The van der Waals surface area contributed by atoms with Gasteiger partial charge in [-0.25, -0.2) is 4.39 Å². The van der Waals surface area contributed by atoms with E-state index in [4.69, 9.17) is 0 Å². The average molecular weight is 304 g/mol. The summed E-state index contributed by atoms with van der Waals surface area (Å²) in [6.07, 6.45) is -0.585. The fourth-order valence-corrected chi connectivity index (χ4v) is 1.73. The molecule has 0 aliphatic rings. The molecule has 1 unspecified atom stereocenters. The second-order valence-corrected chi connectivity index (χ2v) is 5.00. The number of carbonyl (C=O) groups excluding carboxylic acids is 1. The first-order valence-electron chi connectivity index (χ1n) is 5.33. The van der Waals surface area contributed by atoms with Crippen molar-refractivity contribution < 1.29 is 14.3 Å². The van der Waals surface area contributed by atoms with Crippen LogP contribution in [0.25, 0.3) is 0 Å². The van der Waals surface area contributed by atoms with Crippen LogP contribution in [0.1, 0.15) is 24.2 Å². The van der Waals surface area contributed by atoms with Crippen LogP contribution in [0.2, 0.25) is 0 Å². The predicted molar refractivity (Wildman–Crippen MR) is 67.3 cm³/mol. The van der Waals surface area contributed by atoms with Gasteiger partial charge < -0.3 is 10.4 Å². The molecule has 3 nitrogen and oxygen atoms in total. The summed E-state index contributed by atoms with van der Waals surface area (Å²) in [5.74, 6) is -0.667. The Kier molecular flexibility index (Phi) is 5.08. The number of hydrogen-bond acceptors (Lipinski definition) is 2. The molecule has 5 heteroatoms. The molecule has 2 N–H and O–H groups in total. The Hall–Kier alpha value is -0.940. The maximum Gasteiger partial charge on any atom is 0.252 e. The summed E-state index contributed by atoms with van der Waals surface area (Å²) in [6, 6.07) is 3.85. The van der Waals surface area contributed by atoms with E-state index in [1.54, 1.807) is 0 Å². The Balaban J connectivity index is 2.64. The molecule has 1 rings (SSSR count). The second kappa shape index (κ2) is 6.12. The van der Waals surface area contributed by atoms with Crippen LogP contribution in [-0.4, -0.2) is 23.7 Å². The largest absolute Gasteiger partial charge is 0.391 e. The zero-order chi connectivity index (χ0) is 13.0. The molecule has 1 aromatic carbocycles. The van der Waals surface area contributed by atoms with Crippen molar-refractivity contribution in [3.05, 3.63) is 34.1 Å². The Morgan fingerprint density at radius 3 is 2.71 bits per heavy atom. The first-order valence-corrected chi connectivity index (χ1v) is 6.12. The number of carbonyl (C=O) groups is 1. The van der Waals surface area contributed by atoms with Gasteiger partial charge in [0.1, 0.15) is 5.82 Å². The van der Waals surface area contributed by atoms with Crippen molar-refractivity contribution in [2.75, 3.05) is 6.54 Å². The molecular formula is C12H15BrFNO2. The number of hydrogen-bond donors (Lipinski definition) is 2. The smallest absolute Gasteiger partial charge is 0.252 e. The van der Waals surface area contributed by atoms with Crippen LogP contribution in [0.3, 0.4) is 0 Å². The van der Waals surface area contributed by atoms with Crippen LogP contribution < -0.4 is 5.32 Å². The highest BCUT2D eigenvalue weighted by Crippen LogP contribution is 2.17. The third kappa shape index (κ3) is 4.09. The van der Waals surface area contributed by atoms with Gasteiger partial charge in [-0.3, -0.25) is 4.79 Å². The predicted octanol–water partition coefficient (Wildman–Crippen LogP) is 2.33. The lowest BCUT2D eigenvalue weighted by Crippen LogP contribution is -2.34. The summed E-state index contributed by atoms with van der Waals surface area (Å²) in [6.45, 7) is 3.91. The summed E-state index contributed by atoms with van der Waals surface area (Å²) in [7, 11) is 0. The van der Waals surface area contributed by atoms with E-state index >= 15 is 0 Å². The molecule has 1 aromatic rings. The van der Waals surface area contributed by atoms with Gasteiger partial charge in [-0.05, 0) is 40.0 Å². The molecule has 0 saturated heterocycles. The van der Waals surface area contributed by atoms with Gasteiger partial charge in [-0.15, -0.1) is 0 Å². The van der Waals surface area contributed by atoms with Gasteiger partial charge in [0, 0.05) is 11.0 Å². The van der Waals surface area contributed by atoms with Gasteiger partial charge in [0.2, 0.25) is 0 Å². The third-order valence-electron chi connectivity index (χ3n) is 2.42. The monoisotopic (exact) mass is 303 g/mol.